The average molecular weight is 238 g/mol. The standard InChI is InChI=1S/C12H14O5/c13-9-3-1-2-8(4-9)5-12-16-7-10(17-12)6-11(14)15/h1-4,10,12-13H,5-7H2,(H,14,15). The molecule has 0 radical (unpaired) electrons. The summed E-state index contributed by atoms with van der Waals surface area (Å²) in [5.74, 6) is -0.695. The number of aliphatic carboxylic acids is 1. The highest BCUT2D eigenvalue weighted by Gasteiger charge is 2.27. The summed E-state index contributed by atoms with van der Waals surface area (Å²) in [6, 6.07) is 6.83. The van der Waals surface area contributed by atoms with E-state index in [1.165, 1.54) is 0 Å². The van der Waals surface area contributed by atoms with Gasteiger partial charge in [-0.05, 0) is 17.7 Å². The van der Waals surface area contributed by atoms with E-state index in [0.29, 0.717) is 13.0 Å². The molecular formula is C12H14O5. The number of phenolic OH excluding ortho intramolecular Hbond substituents is 1. The Morgan fingerprint density at radius 2 is 2.29 bits per heavy atom. The number of ether oxygens (including phenoxy) is 2. The Balaban J connectivity index is 1.87. The fraction of sp³-hybridized carbons (Fsp3) is 0.417. The van der Waals surface area contributed by atoms with E-state index < -0.39 is 12.3 Å². The van der Waals surface area contributed by atoms with E-state index in [2.05, 4.69) is 0 Å². The van der Waals surface area contributed by atoms with Gasteiger partial charge >= 0.3 is 5.97 Å². The molecule has 1 aromatic carbocycles. The minimum absolute atomic E-state index is 0.0451. The first-order chi connectivity index (χ1) is 8.13. The highest BCUT2D eigenvalue weighted by molar-refractivity contribution is 5.67. The predicted octanol–water partition coefficient (Wildman–Crippen LogP) is 1.15. The topological polar surface area (TPSA) is 76.0 Å². The van der Waals surface area contributed by atoms with Crippen LogP contribution in [0.3, 0.4) is 0 Å². The zero-order chi connectivity index (χ0) is 12.3. The third-order valence-corrected chi connectivity index (χ3v) is 2.53. The molecule has 5 heteroatoms. The number of carboxylic acid groups (broad SMARTS) is 1. The molecule has 1 fully saturated rings. The van der Waals surface area contributed by atoms with Crippen molar-refractivity contribution in [2.75, 3.05) is 6.61 Å². The summed E-state index contributed by atoms with van der Waals surface area (Å²) in [7, 11) is 0. The summed E-state index contributed by atoms with van der Waals surface area (Å²) < 4.78 is 10.8. The third kappa shape index (κ3) is 3.44. The molecule has 2 N–H and O–H groups in total. The number of carboxylic acids is 1. The Morgan fingerprint density at radius 3 is 3.00 bits per heavy atom. The van der Waals surface area contributed by atoms with Gasteiger partial charge in [0.1, 0.15) is 5.75 Å². The molecule has 1 heterocycles. The van der Waals surface area contributed by atoms with Crippen molar-refractivity contribution in [1.82, 2.24) is 0 Å². The fourth-order valence-electron chi connectivity index (χ4n) is 1.79. The van der Waals surface area contributed by atoms with Crippen LogP contribution < -0.4 is 0 Å². The van der Waals surface area contributed by atoms with Crippen molar-refractivity contribution in [2.45, 2.75) is 25.2 Å². The van der Waals surface area contributed by atoms with E-state index >= 15 is 0 Å². The minimum Gasteiger partial charge on any atom is -0.508 e. The predicted molar refractivity (Wildman–Crippen MR) is 58.7 cm³/mol. The van der Waals surface area contributed by atoms with Gasteiger partial charge in [-0.25, -0.2) is 0 Å². The number of hydrogen-bond donors (Lipinski definition) is 2. The number of aromatic hydroxyl groups is 1. The normalized spacial score (nSPS) is 23.8. The molecule has 2 unspecified atom stereocenters. The summed E-state index contributed by atoms with van der Waals surface area (Å²) in [4.78, 5) is 10.5. The van der Waals surface area contributed by atoms with Crippen molar-refractivity contribution in [3.8, 4) is 5.75 Å². The SMILES string of the molecule is O=C(O)CC1COC(Cc2cccc(O)c2)O1. The lowest BCUT2D eigenvalue weighted by atomic mass is 10.1. The Bertz CT molecular complexity index is 404. The van der Waals surface area contributed by atoms with Gasteiger partial charge in [0.25, 0.3) is 0 Å². The molecule has 0 aromatic heterocycles. The summed E-state index contributed by atoms with van der Waals surface area (Å²) in [6.45, 7) is 0.301. The summed E-state index contributed by atoms with van der Waals surface area (Å²) in [6.07, 6.45) is -0.350. The van der Waals surface area contributed by atoms with Gasteiger partial charge in [-0.2, -0.15) is 0 Å². The molecular weight excluding hydrogens is 224 g/mol. The Kier molecular flexibility index (Phi) is 3.61. The smallest absolute Gasteiger partial charge is 0.306 e. The van der Waals surface area contributed by atoms with Crippen molar-refractivity contribution in [2.24, 2.45) is 0 Å². The molecule has 17 heavy (non-hydrogen) atoms. The van der Waals surface area contributed by atoms with Crippen molar-refractivity contribution in [1.29, 1.82) is 0 Å². The quantitative estimate of drug-likeness (QED) is 0.823. The van der Waals surface area contributed by atoms with E-state index in [0.717, 1.165) is 5.56 Å². The summed E-state index contributed by atoms with van der Waals surface area (Å²) in [5, 5.41) is 17.9. The van der Waals surface area contributed by atoms with Gasteiger partial charge in [-0.15, -0.1) is 0 Å². The van der Waals surface area contributed by atoms with E-state index in [1.54, 1.807) is 18.2 Å². The molecule has 0 amide bonds. The zero-order valence-corrected chi connectivity index (χ0v) is 9.20. The number of phenols is 1. The molecule has 1 aromatic rings. The monoisotopic (exact) mass is 238 g/mol. The van der Waals surface area contributed by atoms with E-state index in [9.17, 15) is 9.90 Å². The van der Waals surface area contributed by atoms with Crippen LogP contribution in [0.5, 0.6) is 5.75 Å². The Hall–Kier alpha value is -1.59. The molecule has 2 atom stereocenters. The minimum atomic E-state index is -0.892. The molecule has 1 saturated heterocycles. The van der Waals surface area contributed by atoms with E-state index in [4.69, 9.17) is 14.6 Å². The highest BCUT2D eigenvalue weighted by Crippen LogP contribution is 2.20. The van der Waals surface area contributed by atoms with Crippen LogP contribution in [-0.4, -0.2) is 35.2 Å². The summed E-state index contributed by atoms with van der Waals surface area (Å²) in [5.41, 5.74) is 0.894. The van der Waals surface area contributed by atoms with Crippen molar-refractivity contribution >= 4 is 5.97 Å². The van der Waals surface area contributed by atoms with Crippen molar-refractivity contribution in [3.05, 3.63) is 29.8 Å². The maximum Gasteiger partial charge on any atom is 0.306 e. The van der Waals surface area contributed by atoms with Crippen LogP contribution in [0.2, 0.25) is 0 Å². The maximum absolute atomic E-state index is 10.5. The first-order valence-corrected chi connectivity index (χ1v) is 5.40. The molecule has 1 aliphatic rings. The Morgan fingerprint density at radius 1 is 1.47 bits per heavy atom. The van der Waals surface area contributed by atoms with Crippen LogP contribution in [0.1, 0.15) is 12.0 Å². The largest absolute Gasteiger partial charge is 0.508 e. The van der Waals surface area contributed by atoms with Crippen LogP contribution in [0.4, 0.5) is 0 Å². The molecule has 0 aliphatic carbocycles. The number of hydrogen-bond acceptors (Lipinski definition) is 4. The lowest BCUT2D eigenvalue weighted by molar-refractivity contribution is -0.140. The molecule has 2 rings (SSSR count). The fourth-order valence-corrected chi connectivity index (χ4v) is 1.79. The first-order valence-electron chi connectivity index (χ1n) is 5.40. The zero-order valence-electron chi connectivity index (χ0n) is 9.20. The molecule has 92 valence electrons. The van der Waals surface area contributed by atoms with Gasteiger partial charge in [0.05, 0.1) is 19.1 Å². The molecule has 5 nitrogen and oxygen atoms in total. The van der Waals surface area contributed by atoms with Gasteiger partial charge in [0.2, 0.25) is 0 Å². The van der Waals surface area contributed by atoms with Gasteiger partial charge in [0, 0.05) is 6.42 Å². The molecule has 0 saturated carbocycles. The molecule has 1 aliphatic heterocycles. The first kappa shape index (κ1) is 11.9. The molecule has 0 bridgehead atoms. The van der Waals surface area contributed by atoms with Crippen LogP contribution in [0, 0.1) is 0 Å². The van der Waals surface area contributed by atoms with Crippen molar-refractivity contribution in [3.63, 3.8) is 0 Å². The molecule has 0 spiro atoms. The third-order valence-electron chi connectivity index (χ3n) is 2.53. The van der Waals surface area contributed by atoms with E-state index in [-0.39, 0.29) is 18.3 Å². The van der Waals surface area contributed by atoms with Gasteiger partial charge in [0.15, 0.2) is 6.29 Å². The van der Waals surface area contributed by atoms with Crippen LogP contribution >= 0.6 is 0 Å². The number of carbonyl (C=O) groups is 1. The van der Waals surface area contributed by atoms with Gasteiger partial charge < -0.3 is 19.7 Å². The highest BCUT2D eigenvalue weighted by atomic mass is 16.7. The van der Waals surface area contributed by atoms with Crippen LogP contribution in [0.25, 0.3) is 0 Å². The second kappa shape index (κ2) is 5.16. The summed E-state index contributed by atoms with van der Waals surface area (Å²) >= 11 is 0. The maximum atomic E-state index is 10.5. The average Bonchev–Trinajstić information content (AvgIpc) is 2.64. The van der Waals surface area contributed by atoms with Gasteiger partial charge in [-0.3, -0.25) is 4.79 Å². The second-order valence-corrected chi connectivity index (χ2v) is 3.99. The lowest BCUT2D eigenvalue weighted by Gasteiger charge is -2.10. The number of benzene rings is 1. The van der Waals surface area contributed by atoms with Crippen LogP contribution in [-0.2, 0) is 20.7 Å². The number of rotatable bonds is 4. The van der Waals surface area contributed by atoms with Gasteiger partial charge in [-0.1, -0.05) is 12.1 Å². The Labute approximate surface area is 98.6 Å². The lowest BCUT2D eigenvalue weighted by Crippen LogP contribution is -2.17. The second-order valence-electron chi connectivity index (χ2n) is 3.99. The van der Waals surface area contributed by atoms with Crippen molar-refractivity contribution < 1.29 is 24.5 Å². The van der Waals surface area contributed by atoms with E-state index in [1.807, 2.05) is 6.07 Å². The van der Waals surface area contributed by atoms with Crippen LogP contribution in [0.15, 0.2) is 24.3 Å².